The van der Waals surface area contributed by atoms with Crippen LogP contribution in [0.5, 0.6) is 0 Å². The number of halogens is 2. The van der Waals surface area contributed by atoms with Crippen molar-refractivity contribution in [3.05, 3.63) is 105 Å². The van der Waals surface area contributed by atoms with Gasteiger partial charge in [-0.25, -0.2) is 4.79 Å². The lowest BCUT2D eigenvalue weighted by Gasteiger charge is -2.34. The van der Waals surface area contributed by atoms with Crippen LogP contribution in [0.2, 0.25) is 10.0 Å². The van der Waals surface area contributed by atoms with Crippen molar-refractivity contribution in [2.45, 2.75) is 44.9 Å². The van der Waals surface area contributed by atoms with Crippen molar-refractivity contribution in [3.8, 4) is 0 Å². The fraction of sp³-hybridized carbons (Fsp3) is 0.300. The maximum absolute atomic E-state index is 14.3. The molecule has 2 aromatic carbocycles. The number of benzene rings is 2. The molecule has 5 rings (SSSR count). The van der Waals surface area contributed by atoms with Gasteiger partial charge in [0.05, 0.1) is 25.0 Å². The van der Waals surface area contributed by atoms with Gasteiger partial charge in [0.25, 0.3) is 0 Å². The predicted octanol–water partition coefficient (Wildman–Crippen LogP) is 6.52. The maximum Gasteiger partial charge on any atom is 0.330 e. The van der Waals surface area contributed by atoms with Gasteiger partial charge in [-0.2, -0.15) is 0 Å². The molecule has 0 spiro atoms. The summed E-state index contributed by atoms with van der Waals surface area (Å²) in [6.07, 6.45) is 5.92. The van der Waals surface area contributed by atoms with Gasteiger partial charge in [0.1, 0.15) is 24.2 Å². The Labute approximate surface area is 243 Å². The van der Waals surface area contributed by atoms with Crippen molar-refractivity contribution >= 4 is 41.0 Å². The molecule has 0 saturated carbocycles. The quantitative estimate of drug-likeness (QED) is 0.421. The fourth-order valence-corrected chi connectivity index (χ4v) is 5.45. The van der Waals surface area contributed by atoms with Crippen molar-refractivity contribution < 1.29 is 19.1 Å². The Morgan fingerprint density at radius 1 is 1.10 bits per heavy atom. The van der Waals surface area contributed by atoms with Gasteiger partial charge < -0.3 is 14.8 Å². The van der Waals surface area contributed by atoms with E-state index in [0.29, 0.717) is 34.5 Å². The lowest BCUT2D eigenvalue weighted by atomic mass is 9.93. The molecule has 2 heterocycles. The highest BCUT2D eigenvalue weighted by molar-refractivity contribution is 6.31. The molecule has 10 heteroatoms. The number of nitrogens with zero attached hydrogens (tertiary/aromatic N) is 3. The molecule has 8 nitrogen and oxygen atoms in total. The van der Waals surface area contributed by atoms with Crippen molar-refractivity contribution in [1.82, 2.24) is 15.1 Å². The van der Waals surface area contributed by atoms with Crippen LogP contribution in [-0.4, -0.2) is 47.3 Å². The molecule has 0 bridgehead atoms. The molecule has 0 radical (unpaired) electrons. The van der Waals surface area contributed by atoms with Crippen LogP contribution in [0.25, 0.3) is 0 Å². The Kier molecular flexibility index (Phi) is 8.19. The van der Waals surface area contributed by atoms with Gasteiger partial charge in [-0.3, -0.25) is 19.6 Å². The smallest absolute Gasteiger partial charge is 0.330 e. The number of carbonyl (C=O) groups excluding carboxylic acids is 2. The second-order valence-corrected chi connectivity index (χ2v) is 10.7. The van der Waals surface area contributed by atoms with Gasteiger partial charge in [-0.05, 0) is 49.6 Å². The molecule has 0 aromatic heterocycles. The third kappa shape index (κ3) is 5.60. The zero-order chi connectivity index (χ0) is 28.4. The minimum Gasteiger partial charge on any atom is -0.501 e. The summed E-state index contributed by atoms with van der Waals surface area (Å²) in [5.41, 5.74) is 2.38. The molecule has 0 fully saturated rings. The Morgan fingerprint density at radius 2 is 1.85 bits per heavy atom. The zero-order valence-corrected chi connectivity index (χ0v) is 23.9. The van der Waals surface area contributed by atoms with E-state index >= 15 is 0 Å². The molecular weight excluding hydrogens is 551 g/mol. The Hall–Kier alpha value is -3.75. The number of amidine groups is 1. The summed E-state index contributed by atoms with van der Waals surface area (Å²) in [7, 11) is 1.63. The molecule has 2 atom stereocenters. The molecule has 40 heavy (non-hydrogen) atoms. The van der Waals surface area contributed by atoms with Crippen LogP contribution >= 0.6 is 23.2 Å². The van der Waals surface area contributed by atoms with Gasteiger partial charge in [0, 0.05) is 40.5 Å². The maximum atomic E-state index is 14.3. The van der Waals surface area contributed by atoms with E-state index in [9.17, 15) is 9.59 Å². The first-order valence-corrected chi connectivity index (χ1v) is 13.8. The van der Waals surface area contributed by atoms with Crippen LogP contribution < -0.4 is 5.32 Å². The normalized spacial score (nSPS) is 20.9. The molecule has 1 N–H and O–H groups in total. The second kappa shape index (κ2) is 11.8. The van der Waals surface area contributed by atoms with E-state index in [4.69, 9.17) is 37.7 Å². The summed E-state index contributed by atoms with van der Waals surface area (Å²) < 4.78 is 11.8. The standard InChI is InChI=1S/C30H30Cl2N4O4/c1-18(2)40-25-16-21(39-3)12-13-23(25)29-34-27(22-6-4-5-7-24(22)32)28(19-8-10-20(31)11-9-19)36(29)30(38)35-15-14-33-26(37)17-35/h4-11,14-16,18,27-28H,12-13,17H2,1-3H3,(H,33,37). The minimum atomic E-state index is -0.571. The molecule has 3 amide bonds. The molecule has 2 aromatic rings. The largest absolute Gasteiger partial charge is 0.501 e. The predicted molar refractivity (Wildman–Crippen MR) is 155 cm³/mol. The van der Waals surface area contributed by atoms with Crippen molar-refractivity contribution in [3.63, 3.8) is 0 Å². The molecule has 208 valence electrons. The first kappa shape index (κ1) is 27.8. The number of nitrogens with one attached hydrogen (secondary N) is 1. The van der Waals surface area contributed by atoms with Gasteiger partial charge >= 0.3 is 6.03 Å². The molecular formula is C30H30Cl2N4O4. The summed E-state index contributed by atoms with van der Waals surface area (Å²) in [4.78, 5) is 34.8. The second-order valence-electron chi connectivity index (χ2n) is 9.90. The van der Waals surface area contributed by atoms with Crippen molar-refractivity contribution in [2.75, 3.05) is 13.7 Å². The van der Waals surface area contributed by atoms with Gasteiger partial charge in [-0.15, -0.1) is 0 Å². The number of urea groups is 1. The Morgan fingerprint density at radius 3 is 2.52 bits per heavy atom. The third-order valence-corrected chi connectivity index (χ3v) is 7.47. The highest BCUT2D eigenvalue weighted by atomic mass is 35.5. The summed E-state index contributed by atoms with van der Waals surface area (Å²) >= 11 is 13.0. The number of ether oxygens (including phenoxy) is 2. The van der Waals surface area contributed by atoms with E-state index in [2.05, 4.69) is 5.32 Å². The van der Waals surface area contributed by atoms with Gasteiger partial charge in [0.2, 0.25) is 5.91 Å². The fourth-order valence-electron chi connectivity index (χ4n) is 5.08. The highest BCUT2D eigenvalue weighted by Gasteiger charge is 2.46. The van der Waals surface area contributed by atoms with Crippen LogP contribution in [0, 0.1) is 0 Å². The molecule has 2 unspecified atom stereocenters. The lowest BCUT2D eigenvalue weighted by Crippen LogP contribution is -2.49. The summed E-state index contributed by atoms with van der Waals surface area (Å²) in [6.45, 7) is 3.77. The van der Waals surface area contributed by atoms with Crippen molar-refractivity contribution in [2.24, 2.45) is 4.99 Å². The SMILES string of the molecule is COC1=CC(OC(C)C)=C(C2=NC(c3ccccc3Cl)C(c3ccc(Cl)cc3)N2C(=O)N2C=CNC(=O)C2)CC1. The topological polar surface area (TPSA) is 83.5 Å². The van der Waals surface area contributed by atoms with Crippen LogP contribution in [0.1, 0.15) is 49.9 Å². The molecule has 2 aliphatic heterocycles. The molecule has 3 aliphatic rings. The van der Waals surface area contributed by atoms with Crippen LogP contribution in [0.4, 0.5) is 4.79 Å². The van der Waals surface area contributed by atoms with E-state index in [-0.39, 0.29) is 18.6 Å². The van der Waals surface area contributed by atoms with Crippen LogP contribution in [0.3, 0.4) is 0 Å². The molecule has 0 saturated heterocycles. The Balaban J connectivity index is 1.73. The molecule has 1 aliphatic carbocycles. The monoisotopic (exact) mass is 580 g/mol. The zero-order valence-electron chi connectivity index (χ0n) is 22.4. The average Bonchev–Trinajstić information content (AvgIpc) is 3.33. The van der Waals surface area contributed by atoms with E-state index in [1.807, 2.05) is 56.3 Å². The first-order valence-electron chi connectivity index (χ1n) is 13.0. The van der Waals surface area contributed by atoms with E-state index in [1.54, 1.807) is 30.3 Å². The number of rotatable bonds is 6. The van der Waals surface area contributed by atoms with Crippen LogP contribution in [-0.2, 0) is 14.3 Å². The minimum absolute atomic E-state index is 0.120. The van der Waals surface area contributed by atoms with Gasteiger partial charge in [-0.1, -0.05) is 53.5 Å². The van der Waals surface area contributed by atoms with E-state index in [0.717, 1.165) is 22.5 Å². The number of amides is 3. The third-order valence-electron chi connectivity index (χ3n) is 6.87. The summed E-state index contributed by atoms with van der Waals surface area (Å²) in [6, 6.07) is 13.4. The Bertz CT molecular complexity index is 1430. The van der Waals surface area contributed by atoms with E-state index < -0.39 is 18.1 Å². The first-order chi connectivity index (χ1) is 19.3. The van der Waals surface area contributed by atoms with Gasteiger partial charge in [0.15, 0.2) is 0 Å². The summed E-state index contributed by atoms with van der Waals surface area (Å²) in [5.74, 6) is 1.56. The van der Waals surface area contributed by atoms with Crippen molar-refractivity contribution in [1.29, 1.82) is 0 Å². The number of allylic oxidation sites excluding steroid dienone is 2. The number of methoxy groups -OCH3 is 1. The average molecular weight is 582 g/mol. The number of aliphatic imine (C=N–C) groups is 1. The summed E-state index contributed by atoms with van der Waals surface area (Å²) in [5, 5.41) is 3.73. The van der Waals surface area contributed by atoms with E-state index in [1.165, 1.54) is 11.1 Å². The number of hydrogen-bond acceptors (Lipinski definition) is 5. The number of carbonyl (C=O) groups is 2. The number of hydrogen-bond donors (Lipinski definition) is 1. The van der Waals surface area contributed by atoms with Crippen LogP contribution in [0.15, 0.2) is 89.1 Å². The highest BCUT2D eigenvalue weighted by Crippen LogP contribution is 2.47. The lowest BCUT2D eigenvalue weighted by molar-refractivity contribution is -0.120.